The van der Waals surface area contributed by atoms with Crippen molar-refractivity contribution in [1.82, 2.24) is 0 Å². The first-order valence-electron chi connectivity index (χ1n) is 15.8. The minimum atomic E-state index is -4.34. The third-order valence-corrected chi connectivity index (χ3v) is 7.62. The number of ether oxygens (including phenoxy) is 2. The molecule has 0 aliphatic carbocycles. The largest absolute Gasteiger partial charge is 0.472 e. The highest BCUT2D eigenvalue weighted by molar-refractivity contribution is 7.47. The fourth-order valence-electron chi connectivity index (χ4n) is 4.07. The van der Waals surface area contributed by atoms with E-state index in [1.165, 1.54) is 57.8 Å². The van der Waals surface area contributed by atoms with Gasteiger partial charge < -0.3 is 18.9 Å². The molecule has 0 amide bonds. The van der Waals surface area contributed by atoms with Crippen LogP contribution in [0.2, 0.25) is 0 Å². The molecule has 0 bridgehead atoms. The quantitative estimate of drug-likeness (QED) is 0.0434. The number of phosphoric ester groups is 1. The molecule has 10 heteroatoms. The van der Waals surface area contributed by atoms with Crippen LogP contribution in [-0.4, -0.2) is 74.9 Å². The Morgan fingerprint density at radius 3 is 1.60 bits per heavy atom. The Kier molecular flexibility index (Phi) is 24.0. The second kappa shape index (κ2) is 24.6. The van der Waals surface area contributed by atoms with Crippen LogP contribution < -0.4 is 0 Å². The normalized spacial score (nSPS) is 14.1. The molecule has 0 aromatic rings. The molecule has 2 unspecified atom stereocenters. The van der Waals surface area contributed by atoms with E-state index < -0.39 is 26.5 Å². The van der Waals surface area contributed by atoms with Crippen molar-refractivity contribution in [3.63, 3.8) is 0 Å². The molecule has 0 aromatic heterocycles. The number of nitrogens with zero attached hydrogens (tertiary/aromatic N) is 1. The van der Waals surface area contributed by atoms with E-state index in [1.54, 1.807) is 0 Å². The van der Waals surface area contributed by atoms with Crippen LogP contribution in [0.3, 0.4) is 0 Å². The van der Waals surface area contributed by atoms with Crippen molar-refractivity contribution in [2.75, 3.05) is 47.5 Å². The van der Waals surface area contributed by atoms with Gasteiger partial charge in [0.05, 0.1) is 27.7 Å². The zero-order chi connectivity index (χ0) is 30.1. The Morgan fingerprint density at radius 1 is 0.675 bits per heavy atom. The highest BCUT2D eigenvalue weighted by atomic mass is 31.2. The number of hydrogen-bond donors (Lipinski definition) is 1. The number of esters is 2. The summed E-state index contributed by atoms with van der Waals surface area (Å²) in [6.07, 6.45) is 17.5. The summed E-state index contributed by atoms with van der Waals surface area (Å²) in [7, 11) is 1.48. The second-order valence-corrected chi connectivity index (χ2v) is 13.3. The van der Waals surface area contributed by atoms with E-state index in [1.807, 2.05) is 21.1 Å². The minimum Gasteiger partial charge on any atom is -0.462 e. The molecule has 0 aliphatic rings. The van der Waals surface area contributed by atoms with Crippen LogP contribution in [0.15, 0.2) is 0 Å². The van der Waals surface area contributed by atoms with Gasteiger partial charge >= 0.3 is 19.8 Å². The van der Waals surface area contributed by atoms with E-state index in [4.69, 9.17) is 18.5 Å². The highest BCUT2D eigenvalue weighted by Gasteiger charge is 2.27. The molecule has 1 N–H and O–H groups in total. The number of hydrogen-bond acceptors (Lipinski definition) is 7. The third kappa shape index (κ3) is 27.2. The van der Waals surface area contributed by atoms with Crippen molar-refractivity contribution in [3.8, 4) is 0 Å². The molecule has 0 saturated carbocycles. The van der Waals surface area contributed by atoms with Gasteiger partial charge in [-0.05, 0) is 12.8 Å². The van der Waals surface area contributed by atoms with Gasteiger partial charge in [-0.25, -0.2) is 4.57 Å². The molecule has 0 aliphatic heterocycles. The Morgan fingerprint density at radius 2 is 1.12 bits per heavy atom. The maximum Gasteiger partial charge on any atom is 0.472 e. The van der Waals surface area contributed by atoms with Crippen molar-refractivity contribution >= 4 is 19.8 Å². The van der Waals surface area contributed by atoms with E-state index >= 15 is 0 Å². The van der Waals surface area contributed by atoms with Crippen LogP contribution in [0.4, 0.5) is 0 Å². The number of rotatable bonds is 28. The predicted octanol–water partition coefficient (Wildman–Crippen LogP) is 7.34. The van der Waals surface area contributed by atoms with E-state index in [9.17, 15) is 19.0 Å². The van der Waals surface area contributed by atoms with Crippen molar-refractivity contribution in [3.05, 3.63) is 0 Å². The monoisotopic (exact) mass is 594 g/mol. The van der Waals surface area contributed by atoms with Crippen LogP contribution in [0.5, 0.6) is 0 Å². The van der Waals surface area contributed by atoms with Crippen molar-refractivity contribution in [2.24, 2.45) is 0 Å². The van der Waals surface area contributed by atoms with Crippen LogP contribution >= 0.6 is 7.82 Å². The molecule has 238 valence electrons. The van der Waals surface area contributed by atoms with Gasteiger partial charge in [0.2, 0.25) is 0 Å². The minimum absolute atomic E-state index is 0.0354. The topological polar surface area (TPSA) is 108 Å². The van der Waals surface area contributed by atoms with Crippen LogP contribution in [0.25, 0.3) is 0 Å². The molecule has 0 radical (unpaired) electrons. The summed E-state index contributed by atoms with van der Waals surface area (Å²) in [4.78, 5) is 34.7. The lowest BCUT2D eigenvalue weighted by atomic mass is 10.1. The molecule has 0 heterocycles. The van der Waals surface area contributed by atoms with Crippen molar-refractivity contribution < 1.29 is 42.1 Å². The van der Waals surface area contributed by atoms with Crippen LogP contribution in [-0.2, 0) is 32.7 Å². The molecule has 0 fully saturated rings. The lowest BCUT2D eigenvalue weighted by Gasteiger charge is -2.24. The molecule has 40 heavy (non-hydrogen) atoms. The van der Waals surface area contributed by atoms with Gasteiger partial charge in [0.15, 0.2) is 6.10 Å². The maximum atomic E-state index is 12.4. The SMILES string of the molecule is CCCCCCCCCCCC(=O)OCC(COP(=O)(O)OCC[N+](C)(C)C)OC(=O)CCCCCCCCC. The third-order valence-electron chi connectivity index (χ3n) is 6.64. The lowest BCUT2D eigenvalue weighted by molar-refractivity contribution is -0.870. The summed E-state index contributed by atoms with van der Waals surface area (Å²) in [6.45, 7) is 4.32. The molecule has 0 saturated heterocycles. The number of carbonyl (C=O) groups excluding carboxylic acids is 2. The molecule has 0 aromatic carbocycles. The first kappa shape index (κ1) is 39.0. The first-order chi connectivity index (χ1) is 19.0. The zero-order valence-electron chi connectivity index (χ0n) is 26.3. The number of quaternary nitrogens is 1. The summed E-state index contributed by atoms with van der Waals surface area (Å²) >= 11 is 0. The number of unbranched alkanes of at least 4 members (excludes halogenated alkanes) is 14. The zero-order valence-corrected chi connectivity index (χ0v) is 27.2. The fourth-order valence-corrected chi connectivity index (χ4v) is 4.81. The van der Waals surface area contributed by atoms with E-state index in [-0.39, 0.29) is 25.6 Å². The Labute approximate surface area is 244 Å². The smallest absolute Gasteiger partial charge is 0.462 e. The Bertz CT molecular complexity index is 683. The number of phosphoric acid groups is 1. The first-order valence-corrected chi connectivity index (χ1v) is 17.3. The summed E-state index contributed by atoms with van der Waals surface area (Å²) in [5.74, 6) is -0.807. The molecule has 0 spiro atoms. The van der Waals surface area contributed by atoms with Gasteiger partial charge in [0.25, 0.3) is 0 Å². The van der Waals surface area contributed by atoms with Crippen molar-refractivity contribution in [2.45, 2.75) is 136 Å². The summed E-state index contributed by atoms with van der Waals surface area (Å²) in [5.41, 5.74) is 0. The van der Waals surface area contributed by atoms with Gasteiger partial charge in [0, 0.05) is 12.8 Å². The van der Waals surface area contributed by atoms with E-state index in [2.05, 4.69) is 13.8 Å². The summed E-state index contributed by atoms with van der Waals surface area (Å²) < 4.78 is 33.8. The number of carbonyl (C=O) groups is 2. The Hall–Kier alpha value is -0.990. The van der Waals surface area contributed by atoms with E-state index in [0.717, 1.165) is 38.5 Å². The molecular weight excluding hydrogens is 533 g/mol. The number of likely N-dealkylation sites (N-methyl/N-ethyl adjacent to an activating group) is 1. The average molecular weight is 595 g/mol. The van der Waals surface area contributed by atoms with Crippen LogP contribution in [0.1, 0.15) is 129 Å². The maximum absolute atomic E-state index is 12.4. The van der Waals surface area contributed by atoms with Gasteiger partial charge in [-0.3, -0.25) is 18.6 Å². The predicted molar refractivity (Wildman–Crippen MR) is 160 cm³/mol. The van der Waals surface area contributed by atoms with Gasteiger partial charge in [-0.1, -0.05) is 104 Å². The Balaban J connectivity index is 4.52. The van der Waals surface area contributed by atoms with Gasteiger partial charge in [-0.2, -0.15) is 0 Å². The lowest BCUT2D eigenvalue weighted by Crippen LogP contribution is -2.37. The van der Waals surface area contributed by atoms with Crippen LogP contribution in [0, 0.1) is 0 Å². The average Bonchev–Trinajstić information content (AvgIpc) is 2.88. The fraction of sp³-hybridized carbons (Fsp3) is 0.933. The standard InChI is InChI=1S/C30H60NO8P/c1-6-8-10-12-14-15-17-18-20-22-29(32)36-26-28(27-38-40(34,35)37-25-24-31(3,4)5)39-30(33)23-21-19-16-13-11-9-7-2/h28H,6-27H2,1-5H3/p+1. The molecule has 0 rings (SSSR count). The summed E-state index contributed by atoms with van der Waals surface area (Å²) in [6, 6.07) is 0. The van der Waals surface area contributed by atoms with Crippen molar-refractivity contribution in [1.29, 1.82) is 0 Å². The van der Waals surface area contributed by atoms with Gasteiger partial charge in [-0.15, -0.1) is 0 Å². The molecule has 2 atom stereocenters. The highest BCUT2D eigenvalue weighted by Crippen LogP contribution is 2.43. The summed E-state index contributed by atoms with van der Waals surface area (Å²) in [5, 5.41) is 0. The second-order valence-electron chi connectivity index (χ2n) is 11.9. The molecule has 9 nitrogen and oxygen atoms in total. The molecular formula is C30H61NO8P+. The van der Waals surface area contributed by atoms with E-state index in [0.29, 0.717) is 23.9 Å². The van der Waals surface area contributed by atoms with Gasteiger partial charge in [0.1, 0.15) is 19.8 Å².